The predicted molar refractivity (Wildman–Crippen MR) is 102 cm³/mol. The SMILES string of the molecule is Cc1ccc2c(Br)c(OC[C@H](O)COCc3ccccc3)ccc2n1. The molecule has 3 aromatic rings. The molecule has 0 aliphatic rings. The Hall–Kier alpha value is -1.95. The van der Waals surface area contributed by atoms with E-state index in [1.54, 1.807) is 0 Å². The Morgan fingerprint density at radius 3 is 2.64 bits per heavy atom. The van der Waals surface area contributed by atoms with Crippen molar-refractivity contribution in [2.24, 2.45) is 0 Å². The average Bonchev–Trinajstić information content (AvgIpc) is 2.62. The minimum Gasteiger partial charge on any atom is -0.490 e. The van der Waals surface area contributed by atoms with Crippen molar-refractivity contribution in [3.63, 3.8) is 0 Å². The van der Waals surface area contributed by atoms with Gasteiger partial charge in [-0.15, -0.1) is 0 Å². The summed E-state index contributed by atoms with van der Waals surface area (Å²) in [4.78, 5) is 4.49. The van der Waals surface area contributed by atoms with Crippen LogP contribution in [0.3, 0.4) is 0 Å². The zero-order chi connectivity index (χ0) is 17.6. The summed E-state index contributed by atoms with van der Waals surface area (Å²) < 4.78 is 12.1. The fraction of sp³-hybridized carbons (Fsp3) is 0.250. The standard InChI is InChI=1S/C20H20BrNO3/c1-14-7-8-17-18(22-14)9-10-19(20(17)21)25-13-16(23)12-24-11-15-5-3-2-4-6-15/h2-10,16,23H,11-13H2,1H3/t16-/m1/s1. The highest BCUT2D eigenvalue weighted by Crippen LogP contribution is 2.32. The Balaban J connectivity index is 1.53. The smallest absolute Gasteiger partial charge is 0.134 e. The summed E-state index contributed by atoms with van der Waals surface area (Å²) in [6, 6.07) is 17.6. The summed E-state index contributed by atoms with van der Waals surface area (Å²) >= 11 is 3.56. The summed E-state index contributed by atoms with van der Waals surface area (Å²) in [6.07, 6.45) is -0.692. The van der Waals surface area contributed by atoms with Crippen molar-refractivity contribution < 1.29 is 14.6 Å². The van der Waals surface area contributed by atoms with Gasteiger partial charge < -0.3 is 14.6 Å². The molecule has 1 N–H and O–H groups in total. The number of aliphatic hydroxyl groups excluding tert-OH is 1. The van der Waals surface area contributed by atoms with Crippen LogP contribution >= 0.6 is 15.9 Å². The lowest BCUT2D eigenvalue weighted by Crippen LogP contribution is -2.23. The number of benzene rings is 2. The van der Waals surface area contributed by atoms with E-state index in [9.17, 15) is 5.11 Å². The van der Waals surface area contributed by atoms with Crippen molar-refractivity contribution in [1.82, 2.24) is 4.98 Å². The molecule has 3 rings (SSSR count). The van der Waals surface area contributed by atoms with Crippen LogP contribution in [-0.4, -0.2) is 29.4 Å². The fourth-order valence-corrected chi connectivity index (χ4v) is 3.06. The third-order valence-corrected chi connectivity index (χ3v) is 4.58. The van der Waals surface area contributed by atoms with Crippen LogP contribution in [0.5, 0.6) is 5.75 Å². The average molecular weight is 402 g/mol. The molecule has 1 atom stereocenters. The maximum atomic E-state index is 10.1. The maximum absolute atomic E-state index is 10.1. The Morgan fingerprint density at radius 1 is 1.04 bits per heavy atom. The van der Waals surface area contributed by atoms with Crippen LogP contribution in [0, 0.1) is 6.92 Å². The van der Waals surface area contributed by atoms with Gasteiger partial charge in [0.2, 0.25) is 0 Å². The predicted octanol–water partition coefficient (Wildman–Crippen LogP) is 4.26. The highest BCUT2D eigenvalue weighted by atomic mass is 79.9. The van der Waals surface area contributed by atoms with Crippen molar-refractivity contribution in [3.05, 3.63) is 70.3 Å². The van der Waals surface area contributed by atoms with Gasteiger partial charge in [-0.2, -0.15) is 0 Å². The van der Waals surface area contributed by atoms with Gasteiger partial charge >= 0.3 is 0 Å². The summed E-state index contributed by atoms with van der Waals surface area (Å²) in [5, 5.41) is 11.0. The first kappa shape index (κ1) is 17.9. The number of halogens is 1. The highest BCUT2D eigenvalue weighted by Gasteiger charge is 2.10. The van der Waals surface area contributed by atoms with Gasteiger partial charge in [-0.25, -0.2) is 0 Å². The molecule has 25 heavy (non-hydrogen) atoms. The molecule has 0 aliphatic heterocycles. The molecule has 0 amide bonds. The number of rotatable bonds is 7. The van der Waals surface area contributed by atoms with Crippen molar-refractivity contribution >= 4 is 26.8 Å². The van der Waals surface area contributed by atoms with E-state index < -0.39 is 6.10 Å². The fourth-order valence-electron chi connectivity index (χ4n) is 2.48. The molecule has 2 aromatic carbocycles. The largest absolute Gasteiger partial charge is 0.490 e. The minimum atomic E-state index is -0.692. The molecule has 0 saturated heterocycles. The van der Waals surface area contributed by atoms with Crippen LogP contribution in [-0.2, 0) is 11.3 Å². The van der Waals surface area contributed by atoms with Crippen LogP contribution in [0.15, 0.2) is 59.1 Å². The first-order valence-electron chi connectivity index (χ1n) is 8.12. The monoisotopic (exact) mass is 401 g/mol. The number of aryl methyl sites for hydroxylation is 1. The van der Waals surface area contributed by atoms with E-state index in [0.29, 0.717) is 12.4 Å². The zero-order valence-corrected chi connectivity index (χ0v) is 15.6. The van der Waals surface area contributed by atoms with Gasteiger partial charge in [0.15, 0.2) is 0 Å². The number of aromatic nitrogens is 1. The quantitative estimate of drug-likeness (QED) is 0.642. The van der Waals surface area contributed by atoms with E-state index in [1.165, 1.54) is 0 Å². The summed E-state index contributed by atoms with van der Waals surface area (Å²) in [5.74, 6) is 0.681. The zero-order valence-electron chi connectivity index (χ0n) is 14.0. The number of aliphatic hydroxyl groups is 1. The number of hydrogen-bond donors (Lipinski definition) is 1. The van der Waals surface area contributed by atoms with Crippen molar-refractivity contribution in [2.75, 3.05) is 13.2 Å². The van der Waals surface area contributed by atoms with E-state index in [4.69, 9.17) is 9.47 Å². The Kier molecular flexibility index (Phi) is 6.02. The molecule has 0 spiro atoms. The second-order valence-corrected chi connectivity index (χ2v) is 6.66. The first-order valence-corrected chi connectivity index (χ1v) is 8.91. The van der Waals surface area contributed by atoms with Crippen molar-refractivity contribution in [3.8, 4) is 5.75 Å². The molecule has 0 radical (unpaired) electrons. The minimum absolute atomic E-state index is 0.165. The van der Waals surface area contributed by atoms with Gasteiger partial charge in [0.05, 0.1) is 23.2 Å². The molecular formula is C20H20BrNO3. The molecule has 0 fully saturated rings. The highest BCUT2D eigenvalue weighted by molar-refractivity contribution is 9.10. The van der Waals surface area contributed by atoms with Gasteiger partial charge in [-0.3, -0.25) is 4.98 Å². The molecule has 5 heteroatoms. The van der Waals surface area contributed by atoms with Crippen LogP contribution in [0.25, 0.3) is 10.9 Å². The van der Waals surface area contributed by atoms with Crippen molar-refractivity contribution in [2.45, 2.75) is 19.6 Å². The number of nitrogens with zero attached hydrogens (tertiary/aromatic N) is 1. The molecule has 1 aromatic heterocycles. The second-order valence-electron chi connectivity index (χ2n) is 5.86. The van der Waals surface area contributed by atoms with E-state index in [1.807, 2.05) is 61.5 Å². The lowest BCUT2D eigenvalue weighted by molar-refractivity contribution is 0.00539. The molecule has 4 nitrogen and oxygen atoms in total. The Morgan fingerprint density at radius 2 is 1.84 bits per heavy atom. The topological polar surface area (TPSA) is 51.6 Å². The molecule has 1 heterocycles. The maximum Gasteiger partial charge on any atom is 0.134 e. The molecule has 130 valence electrons. The van der Waals surface area contributed by atoms with Crippen molar-refractivity contribution in [1.29, 1.82) is 0 Å². The molecule has 0 unspecified atom stereocenters. The van der Waals surface area contributed by atoms with Crippen LogP contribution in [0.4, 0.5) is 0 Å². The van der Waals surface area contributed by atoms with Gasteiger partial charge in [0, 0.05) is 11.1 Å². The number of pyridine rings is 1. The lowest BCUT2D eigenvalue weighted by atomic mass is 10.2. The van der Waals surface area contributed by atoms with Crippen LogP contribution < -0.4 is 4.74 Å². The number of fused-ring (bicyclic) bond motifs is 1. The Bertz CT molecular complexity index is 839. The lowest BCUT2D eigenvalue weighted by Gasteiger charge is -2.14. The van der Waals surface area contributed by atoms with Gasteiger partial charge in [-0.1, -0.05) is 30.3 Å². The van der Waals surface area contributed by atoms with Gasteiger partial charge in [0.25, 0.3) is 0 Å². The molecule has 0 aliphatic carbocycles. The normalized spacial score (nSPS) is 12.3. The summed E-state index contributed by atoms with van der Waals surface area (Å²) in [7, 11) is 0. The van der Waals surface area contributed by atoms with E-state index in [0.717, 1.165) is 26.6 Å². The number of hydrogen-bond acceptors (Lipinski definition) is 4. The number of ether oxygens (including phenoxy) is 2. The third-order valence-electron chi connectivity index (χ3n) is 3.76. The summed E-state index contributed by atoms with van der Waals surface area (Å²) in [6.45, 7) is 2.82. The second kappa shape index (κ2) is 8.43. The molecule has 0 saturated carbocycles. The van der Waals surface area contributed by atoms with E-state index >= 15 is 0 Å². The first-order chi connectivity index (χ1) is 12.1. The molecular weight excluding hydrogens is 382 g/mol. The van der Waals surface area contributed by atoms with E-state index in [2.05, 4.69) is 20.9 Å². The van der Waals surface area contributed by atoms with Gasteiger partial charge in [-0.05, 0) is 52.7 Å². The summed E-state index contributed by atoms with van der Waals surface area (Å²) in [5.41, 5.74) is 2.96. The third kappa shape index (κ3) is 4.78. The van der Waals surface area contributed by atoms with Crippen LogP contribution in [0.2, 0.25) is 0 Å². The molecule has 0 bridgehead atoms. The van der Waals surface area contributed by atoms with Gasteiger partial charge in [0.1, 0.15) is 18.5 Å². The van der Waals surface area contributed by atoms with Crippen LogP contribution in [0.1, 0.15) is 11.3 Å². The van der Waals surface area contributed by atoms with E-state index in [-0.39, 0.29) is 13.2 Å². The Labute approximate surface area is 155 Å².